The minimum absolute atomic E-state index is 0.0780. The standard InChI is InChI=1S/C10H14O4S/c1-5-6(2)9(11)8(4)10(7(5)3)15(12,13)14/h11H,1-4H3,(H,12,13,14). The molecule has 0 spiro atoms. The summed E-state index contributed by atoms with van der Waals surface area (Å²) in [4.78, 5) is -0.192. The van der Waals surface area contributed by atoms with Gasteiger partial charge in [0.05, 0.1) is 0 Å². The monoisotopic (exact) mass is 230 g/mol. The second kappa shape index (κ2) is 3.50. The van der Waals surface area contributed by atoms with Crippen LogP contribution in [0.1, 0.15) is 22.3 Å². The van der Waals surface area contributed by atoms with Crippen molar-refractivity contribution in [2.24, 2.45) is 0 Å². The predicted octanol–water partition coefficient (Wildman–Crippen LogP) is 1.87. The normalized spacial score (nSPS) is 11.8. The van der Waals surface area contributed by atoms with Gasteiger partial charge in [0, 0.05) is 5.56 Å². The topological polar surface area (TPSA) is 74.6 Å². The Balaban J connectivity index is 3.84. The van der Waals surface area contributed by atoms with E-state index < -0.39 is 10.1 Å². The number of hydrogen-bond donors (Lipinski definition) is 2. The maximum atomic E-state index is 11.1. The van der Waals surface area contributed by atoms with Crippen LogP contribution in [0.2, 0.25) is 0 Å². The zero-order valence-corrected chi connectivity index (χ0v) is 9.94. The van der Waals surface area contributed by atoms with E-state index in [9.17, 15) is 13.5 Å². The molecule has 0 saturated carbocycles. The number of aromatic hydroxyl groups is 1. The third-order valence-electron chi connectivity index (χ3n) is 2.77. The van der Waals surface area contributed by atoms with E-state index >= 15 is 0 Å². The lowest BCUT2D eigenvalue weighted by atomic mass is 9.99. The van der Waals surface area contributed by atoms with Crippen LogP contribution < -0.4 is 0 Å². The van der Waals surface area contributed by atoms with Gasteiger partial charge in [0.25, 0.3) is 10.1 Å². The molecule has 0 aliphatic carbocycles. The molecule has 84 valence electrons. The van der Waals surface area contributed by atoms with Crippen LogP contribution in [-0.4, -0.2) is 18.1 Å². The first-order valence-electron chi connectivity index (χ1n) is 4.44. The number of phenols is 1. The van der Waals surface area contributed by atoms with E-state index in [1.807, 2.05) is 0 Å². The van der Waals surface area contributed by atoms with Crippen molar-refractivity contribution in [3.8, 4) is 5.75 Å². The van der Waals surface area contributed by atoms with Crippen LogP contribution in [0.3, 0.4) is 0 Å². The van der Waals surface area contributed by atoms with Crippen molar-refractivity contribution in [2.75, 3.05) is 0 Å². The number of rotatable bonds is 1. The minimum Gasteiger partial charge on any atom is -0.507 e. The van der Waals surface area contributed by atoms with Crippen LogP contribution in [-0.2, 0) is 10.1 Å². The Bertz CT molecular complexity index is 486. The van der Waals surface area contributed by atoms with Crippen molar-refractivity contribution in [1.29, 1.82) is 0 Å². The highest BCUT2D eigenvalue weighted by atomic mass is 32.2. The Hall–Kier alpha value is -1.07. The van der Waals surface area contributed by atoms with Crippen molar-refractivity contribution >= 4 is 10.1 Å². The van der Waals surface area contributed by atoms with Gasteiger partial charge in [-0.2, -0.15) is 8.42 Å². The van der Waals surface area contributed by atoms with Crippen LogP contribution in [0.25, 0.3) is 0 Å². The summed E-state index contributed by atoms with van der Waals surface area (Å²) >= 11 is 0. The molecule has 0 bridgehead atoms. The Morgan fingerprint density at radius 3 is 1.73 bits per heavy atom. The van der Waals surface area contributed by atoms with Gasteiger partial charge in [-0.1, -0.05) is 0 Å². The molecule has 0 saturated heterocycles. The van der Waals surface area contributed by atoms with Crippen LogP contribution in [0.5, 0.6) is 5.75 Å². The van der Waals surface area contributed by atoms with Crippen LogP contribution >= 0.6 is 0 Å². The van der Waals surface area contributed by atoms with Crippen LogP contribution in [0.15, 0.2) is 4.90 Å². The van der Waals surface area contributed by atoms with E-state index in [-0.39, 0.29) is 16.2 Å². The number of hydrogen-bond acceptors (Lipinski definition) is 3. The SMILES string of the molecule is Cc1c(C)c(O)c(C)c(S(=O)(=O)O)c1C. The molecular weight excluding hydrogens is 216 g/mol. The average Bonchev–Trinajstić information content (AvgIpc) is 2.09. The fraction of sp³-hybridized carbons (Fsp3) is 0.400. The molecule has 0 aliphatic heterocycles. The first-order valence-corrected chi connectivity index (χ1v) is 5.88. The van der Waals surface area contributed by atoms with Gasteiger partial charge in [0.2, 0.25) is 0 Å². The largest absolute Gasteiger partial charge is 0.507 e. The molecule has 15 heavy (non-hydrogen) atoms. The quantitative estimate of drug-likeness (QED) is 0.722. The lowest BCUT2D eigenvalue weighted by Gasteiger charge is -2.14. The predicted molar refractivity (Wildman–Crippen MR) is 56.9 cm³/mol. The number of benzene rings is 1. The van der Waals surface area contributed by atoms with E-state index in [1.54, 1.807) is 20.8 Å². The molecule has 1 aromatic carbocycles. The Labute approximate surface area is 89.3 Å². The summed E-state index contributed by atoms with van der Waals surface area (Å²) < 4.78 is 31.3. The fourth-order valence-electron chi connectivity index (χ4n) is 1.69. The van der Waals surface area contributed by atoms with Gasteiger partial charge in [-0.15, -0.1) is 0 Å². The highest BCUT2D eigenvalue weighted by molar-refractivity contribution is 7.86. The van der Waals surface area contributed by atoms with Gasteiger partial charge in [-0.25, -0.2) is 0 Å². The van der Waals surface area contributed by atoms with E-state index in [0.717, 1.165) is 0 Å². The Kier molecular flexibility index (Phi) is 2.80. The smallest absolute Gasteiger partial charge is 0.295 e. The Morgan fingerprint density at radius 1 is 0.867 bits per heavy atom. The molecule has 0 atom stereocenters. The van der Waals surface area contributed by atoms with Crippen molar-refractivity contribution in [1.82, 2.24) is 0 Å². The molecule has 1 rings (SSSR count). The molecule has 0 radical (unpaired) electrons. The summed E-state index contributed by atoms with van der Waals surface area (Å²) in [5.74, 6) is -0.0780. The van der Waals surface area contributed by atoms with Crippen molar-refractivity contribution in [3.63, 3.8) is 0 Å². The van der Waals surface area contributed by atoms with E-state index in [1.165, 1.54) is 6.92 Å². The maximum absolute atomic E-state index is 11.1. The molecule has 1 aromatic rings. The Morgan fingerprint density at radius 2 is 1.33 bits per heavy atom. The molecule has 0 aliphatic rings. The maximum Gasteiger partial charge on any atom is 0.295 e. The zero-order chi connectivity index (χ0) is 12.0. The van der Waals surface area contributed by atoms with Gasteiger partial charge < -0.3 is 5.11 Å². The van der Waals surface area contributed by atoms with Crippen molar-refractivity contribution in [2.45, 2.75) is 32.6 Å². The van der Waals surface area contributed by atoms with Crippen molar-refractivity contribution in [3.05, 3.63) is 22.3 Å². The first kappa shape index (κ1) is 12.0. The van der Waals surface area contributed by atoms with E-state index in [2.05, 4.69) is 0 Å². The summed E-state index contributed by atoms with van der Waals surface area (Å²) in [7, 11) is -4.29. The first-order chi connectivity index (χ1) is 6.68. The second-order valence-electron chi connectivity index (χ2n) is 3.65. The van der Waals surface area contributed by atoms with Gasteiger partial charge >= 0.3 is 0 Å². The minimum atomic E-state index is -4.29. The fourth-order valence-corrected chi connectivity index (χ4v) is 2.71. The second-order valence-corrected chi connectivity index (χ2v) is 5.01. The molecular formula is C10H14O4S. The third kappa shape index (κ3) is 1.85. The lowest BCUT2D eigenvalue weighted by molar-refractivity contribution is 0.456. The summed E-state index contributed by atoms with van der Waals surface area (Å²) in [6.07, 6.45) is 0. The lowest BCUT2D eigenvalue weighted by Crippen LogP contribution is -2.06. The molecule has 2 N–H and O–H groups in total. The summed E-state index contributed by atoms with van der Waals surface area (Å²) in [5.41, 5.74) is 1.98. The van der Waals surface area contributed by atoms with E-state index in [4.69, 9.17) is 4.55 Å². The van der Waals surface area contributed by atoms with Crippen molar-refractivity contribution < 1.29 is 18.1 Å². The van der Waals surface area contributed by atoms with E-state index in [0.29, 0.717) is 16.7 Å². The molecule has 5 heteroatoms. The summed E-state index contributed by atoms with van der Waals surface area (Å²) in [6.45, 7) is 6.49. The average molecular weight is 230 g/mol. The van der Waals surface area contributed by atoms with Crippen LogP contribution in [0.4, 0.5) is 0 Å². The summed E-state index contributed by atoms with van der Waals surface area (Å²) in [5, 5.41) is 9.68. The highest BCUT2D eigenvalue weighted by Gasteiger charge is 2.22. The molecule has 0 aromatic heterocycles. The molecule has 0 unspecified atom stereocenters. The van der Waals surface area contributed by atoms with Gasteiger partial charge in [0.15, 0.2) is 0 Å². The summed E-state index contributed by atoms with van der Waals surface area (Å²) in [6, 6.07) is 0. The number of phenolic OH excluding ortho intramolecular Hbond substituents is 1. The third-order valence-corrected chi connectivity index (χ3v) is 3.90. The van der Waals surface area contributed by atoms with Gasteiger partial charge in [0.1, 0.15) is 10.6 Å². The molecule has 4 nitrogen and oxygen atoms in total. The van der Waals surface area contributed by atoms with Crippen LogP contribution in [0, 0.1) is 27.7 Å². The van der Waals surface area contributed by atoms with Gasteiger partial charge in [-0.3, -0.25) is 4.55 Å². The molecule has 0 heterocycles. The molecule has 0 fully saturated rings. The highest BCUT2D eigenvalue weighted by Crippen LogP contribution is 2.33. The molecule has 0 amide bonds. The zero-order valence-electron chi connectivity index (χ0n) is 9.12. The van der Waals surface area contributed by atoms with Gasteiger partial charge in [-0.05, 0) is 44.4 Å².